The molecule has 122 heavy (non-hydrogen) atoms. The van der Waals surface area contributed by atoms with E-state index in [9.17, 15) is 64.8 Å². The van der Waals surface area contributed by atoms with E-state index in [0.29, 0.717) is 47.6 Å². The largest absolute Gasteiger partial charge is 0.508 e. The van der Waals surface area contributed by atoms with Crippen LogP contribution in [0.3, 0.4) is 0 Å². The van der Waals surface area contributed by atoms with Crippen molar-refractivity contribution in [1.82, 2.24) is 0 Å². The summed E-state index contributed by atoms with van der Waals surface area (Å²) in [7, 11) is 0. The summed E-state index contributed by atoms with van der Waals surface area (Å²) in [5.41, 5.74) is 16.8. The van der Waals surface area contributed by atoms with Gasteiger partial charge in [0.15, 0.2) is 17.3 Å². The second-order valence-corrected chi connectivity index (χ2v) is 29.1. The molecule has 1 fully saturated rings. The highest BCUT2D eigenvalue weighted by Crippen LogP contribution is 2.31. The van der Waals surface area contributed by atoms with Gasteiger partial charge in [-0.2, -0.15) is 0 Å². The molecule has 11 rings (SSSR count). The fraction of sp³-hybridized carbons (Fsp3) is 0.350. The van der Waals surface area contributed by atoms with Crippen molar-refractivity contribution in [2.24, 2.45) is 0 Å². The number of carbonyl (C=O) groups excluding carboxylic acids is 5. The van der Waals surface area contributed by atoms with Gasteiger partial charge in [0.2, 0.25) is 0 Å². The summed E-state index contributed by atoms with van der Waals surface area (Å²) < 4.78 is 5.19. The number of aromatic hydroxyl groups is 1. The minimum Gasteiger partial charge on any atom is -0.508 e. The van der Waals surface area contributed by atoms with Crippen LogP contribution in [0.2, 0.25) is 0 Å². The van der Waals surface area contributed by atoms with Crippen LogP contribution >= 0.6 is 0 Å². The normalized spacial score (nSPS) is 13.5. The Balaban J connectivity index is 0.000000460. The van der Waals surface area contributed by atoms with E-state index in [2.05, 4.69) is 56.8 Å². The quantitative estimate of drug-likeness (QED) is 0.0160. The van der Waals surface area contributed by atoms with Crippen LogP contribution < -0.4 is 0 Å². The molecular formula is C103H132O19. The van der Waals surface area contributed by atoms with Crippen LogP contribution in [0.1, 0.15) is 287 Å². The SMILES string of the molecule is C=Cc1ccc(C(O)CC)cc1.CC(=O)C(O)c1ccc(CO)cc1.CC(=O)C(O)c1ccc(O)cc1.CC(=O)CC(C(C)=O)c1ccccc1.CC(=O)c1ccc(C(O)CO)cc1.CCC(O)c1ccc(C)cc1.CCC(O)c1cccc(CO)c1.CCC(O)c1cccc(CO)c1.CCc1ccc(C(O)CC)cc1.CCc1cccc(C2CO2)c1. The molecule has 0 spiro atoms. The number of ether oxygens (including phenoxy) is 1. The van der Waals surface area contributed by atoms with Crippen LogP contribution in [-0.4, -0.2) is 109 Å². The third-order valence-corrected chi connectivity index (χ3v) is 19.3. The van der Waals surface area contributed by atoms with Crippen LogP contribution in [0.4, 0.5) is 0 Å². The van der Waals surface area contributed by atoms with E-state index in [1.165, 1.54) is 81.1 Å². The Morgan fingerprint density at radius 1 is 0.377 bits per heavy atom. The predicted molar refractivity (Wildman–Crippen MR) is 484 cm³/mol. The molecule has 1 aliphatic heterocycles. The second kappa shape index (κ2) is 61.0. The van der Waals surface area contributed by atoms with Gasteiger partial charge >= 0.3 is 0 Å². The lowest BCUT2D eigenvalue weighted by Gasteiger charge is -2.11. The first-order valence-electron chi connectivity index (χ1n) is 41.4. The lowest BCUT2D eigenvalue weighted by Crippen LogP contribution is -2.12. The number of hydrogen-bond acceptors (Lipinski definition) is 19. The van der Waals surface area contributed by atoms with Gasteiger partial charge in [0, 0.05) is 17.9 Å². The van der Waals surface area contributed by atoms with Crippen molar-refractivity contribution < 1.29 is 95.1 Å². The zero-order valence-corrected chi connectivity index (χ0v) is 73.2. The average Bonchev–Trinajstić information content (AvgIpc) is 1.71. The van der Waals surface area contributed by atoms with Gasteiger partial charge in [0.25, 0.3) is 0 Å². The molecule has 10 unspecified atom stereocenters. The molecule has 10 aromatic carbocycles. The zero-order chi connectivity index (χ0) is 91.2. The first-order valence-corrected chi connectivity index (χ1v) is 41.4. The van der Waals surface area contributed by atoms with Gasteiger partial charge in [-0.15, -0.1) is 0 Å². The summed E-state index contributed by atoms with van der Waals surface area (Å²) in [5, 5.41) is 119. The van der Waals surface area contributed by atoms with Gasteiger partial charge < -0.3 is 71.1 Å². The van der Waals surface area contributed by atoms with Gasteiger partial charge in [0.05, 0.1) is 63.6 Å². The summed E-state index contributed by atoms with van der Waals surface area (Å²) in [4.78, 5) is 54.7. The van der Waals surface area contributed by atoms with E-state index < -0.39 is 30.5 Å². The van der Waals surface area contributed by atoms with Crippen molar-refractivity contribution in [1.29, 1.82) is 0 Å². The highest BCUT2D eigenvalue weighted by atomic mass is 16.6. The molecule has 1 saturated heterocycles. The van der Waals surface area contributed by atoms with Gasteiger partial charge in [0.1, 0.15) is 41.7 Å². The molecule has 19 heteroatoms. The van der Waals surface area contributed by atoms with Crippen molar-refractivity contribution >= 4 is 35.0 Å². The average molecular weight is 1670 g/mol. The van der Waals surface area contributed by atoms with Crippen molar-refractivity contribution in [2.45, 2.75) is 222 Å². The molecule has 0 amide bonds. The van der Waals surface area contributed by atoms with Crippen LogP contribution in [0, 0.1) is 6.92 Å². The Labute approximate surface area is 722 Å². The Morgan fingerprint density at radius 3 is 1.09 bits per heavy atom. The summed E-state index contributed by atoms with van der Waals surface area (Å²) in [6.45, 7) is 27.6. The van der Waals surface area contributed by atoms with Gasteiger partial charge in [-0.25, -0.2) is 0 Å². The number of benzene rings is 10. The molecule has 0 aliphatic carbocycles. The van der Waals surface area contributed by atoms with Crippen LogP contribution in [0.5, 0.6) is 5.75 Å². The van der Waals surface area contributed by atoms with E-state index in [0.717, 1.165) is 94.3 Å². The maximum atomic E-state index is 11.3. The van der Waals surface area contributed by atoms with Gasteiger partial charge in [-0.3, -0.25) is 24.0 Å². The lowest BCUT2D eigenvalue weighted by atomic mass is 9.91. The topological polar surface area (TPSA) is 361 Å². The van der Waals surface area contributed by atoms with Crippen molar-refractivity contribution in [2.75, 3.05) is 13.2 Å². The van der Waals surface area contributed by atoms with E-state index in [1.807, 2.05) is 181 Å². The molecular weight excluding hydrogens is 1540 g/mol. The Kier molecular flexibility index (Phi) is 53.8. The number of carbonyl (C=O) groups is 5. The van der Waals surface area contributed by atoms with Crippen LogP contribution in [0.25, 0.3) is 6.08 Å². The van der Waals surface area contributed by atoms with Crippen LogP contribution in [-0.2, 0) is 56.6 Å². The number of rotatable bonds is 28. The van der Waals surface area contributed by atoms with Gasteiger partial charge in [-0.1, -0.05) is 303 Å². The Bertz CT molecular complexity index is 4490. The molecule has 19 nitrogen and oxygen atoms in total. The third kappa shape index (κ3) is 42.4. The molecule has 0 aromatic heterocycles. The molecule has 0 saturated carbocycles. The number of phenolic OH excluding ortho intramolecular Hbond substituents is 1. The number of hydrogen-bond donors (Lipinski definition) is 13. The van der Waals surface area contributed by atoms with E-state index in [4.69, 9.17) is 30.3 Å². The molecule has 13 N–H and O–H groups in total. The maximum Gasteiger partial charge on any atom is 0.162 e. The number of aliphatic hydroxyl groups excluding tert-OH is 12. The molecule has 10 atom stereocenters. The fourth-order valence-corrected chi connectivity index (χ4v) is 11.3. The number of aliphatic hydroxyl groups is 12. The number of epoxide rings is 1. The molecule has 658 valence electrons. The Morgan fingerprint density at radius 2 is 0.730 bits per heavy atom. The standard InChI is InChI=1S/C12H14O2.C11H16O.C11H14O.2C10H12O3.2C10H14O2.C10H12O.C10H14O.C9H10O3/c1-9(13)8-12(10(2)14)11-6-4-3-5-7-11;2*1-3-9-5-7-10(8-6-9)11(12)4-2;1-7(12)8-2-4-9(5-3-8)10(13)6-11;1-7(12)10(13)9-4-2-8(6-11)3-5-9;2*1-2-10(12)9-5-3-4-8(6-9)7-11;1-2-8-4-3-5-9(6-8)10-7-11-10;1-3-10(11)9-6-4-8(2)5-7-9;1-6(10)9(12)7-2-4-8(11)5-3-7/h3-7,12H,8H2,1-2H3;5-8,11-12H,3-4H2,1-2H3;3,5-8,11-12H,1,4H2,2H3;2*2-5,10-11,13H,6H2,1H3;2*3-6,10-12H,2,7H2,1H3;3-6,10H,2,7H2,1H3;4-7,10-11H,3H2,1-2H3;2-5,9,11-12H,1H3. The fourth-order valence-electron chi connectivity index (χ4n) is 11.3. The molecule has 10 aromatic rings. The third-order valence-electron chi connectivity index (χ3n) is 19.3. The second-order valence-electron chi connectivity index (χ2n) is 29.1. The summed E-state index contributed by atoms with van der Waals surface area (Å²) in [6.07, 6.45) is 3.68. The minimum atomic E-state index is -1.08. The van der Waals surface area contributed by atoms with Crippen molar-refractivity contribution in [3.63, 3.8) is 0 Å². The smallest absolute Gasteiger partial charge is 0.162 e. The molecule has 0 radical (unpaired) electrons. The van der Waals surface area contributed by atoms with Crippen molar-refractivity contribution in [3.05, 3.63) is 355 Å². The van der Waals surface area contributed by atoms with E-state index in [1.54, 1.807) is 54.6 Å². The minimum absolute atomic E-state index is 0.00922. The number of Topliss-reactive ketones (excluding diaryl/α,β-unsaturated/α-hetero) is 5. The van der Waals surface area contributed by atoms with Crippen molar-refractivity contribution in [3.8, 4) is 5.75 Å². The first kappa shape index (κ1) is 108. The van der Waals surface area contributed by atoms with E-state index in [-0.39, 0.29) is 85.3 Å². The predicted octanol–water partition coefficient (Wildman–Crippen LogP) is 18.5. The van der Waals surface area contributed by atoms with Gasteiger partial charge in [-0.05, 0) is 188 Å². The summed E-state index contributed by atoms with van der Waals surface area (Å²) in [5.74, 6) is -0.647. The molecule has 1 aliphatic rings. The summed E-state index contributed by atoms with van der Waals surface area (Å²) in [6, 6.07) is 75.9. The summed E-state index contributed by atoms with van der Waals surface area (Å²) >= 11 is 0. The molecule has 1 heterocycles. The zero-order valence-electron chi connectivity index (χ0n) is 73.2. The Hall–Kier alpha value is -10.4. The monoisotopic (exact) mass is 1670 g/mol. The molecule has 0 bridgehead atoms. The highest BCUT2D eigenvalue weighted by molar-refractivity contribution is 5.94. The number of phenols is 1. The maximum absolute atomic E-state index is 11.3. The van der Waals surface area contributed by atoms with Crippen LogP contribution in [0.15, 0.2) is 255 Å². The first-order chi connectivity index (χ1) is 58.2. The number of aryl methyl sites for hydroxylation is 3. The lowest BCUT2D eigenvalue weighted by molar-refractivity contribution is -0.125. The van der Waals surface area contributed by atoms with E-state index >= 15 is 0 Å². The number of ketones is 5. The highest BCUT2D eigenvalue weighted by Gasteiger charge is 2.24.